The molecule has 2 rings (SSSR count). The van der Waals surface area contributed by atoms with Gasteiger partial charge in [-0.05, 0) is 43.0 Å². The van der Waals surface area contributed by atoms with Gasteiger partial charge in [-0.25, -0.2) is 0 Å². The average molecular weight is 342 g/mol. The molecule has 1 aliphatic rings. The Morgan fingerprint density at radius 3 is 2.52 bits per heavy atom. The van der Waals surface area contributed by atoms with Crippen LogP contribution in [0.5, 0.6) is 5.75 Å². The molecule has 1 fully saturated rings. The predicted molar refractivity (Wildman–Crippen MR) is 96.3 cm³/mol. The molecule has 130 valence electrons. The average Bonchev–Trinajstić information content (AvgIpc) is 2.50. The Labute approximate surface area is 145 Å². The topological polar surface area (TPSA) is 67.6 Å². The Morgan fingerprint density at radius 1 is 1.39 bits per heavy atom. The summed E-state index contributed by atoms with van der Waals surface area (Å²) >= 11 is 0. The van der Waals surface area contributed by atoms with Gasteiger partial charge in [0.25, 0.3) is 0 Å². The van der Waals surface area contributed by atoms with E-state index in [9.17, 15) is 4.79 Å². The molecule has 0 spiro atoms. The molecule has 1 aromatic rings. The first kappa shape index (κ1) is 19.7. The van der Waals surface area contributed by atoms with Gasteiger partial charge in [-0.3, -0.25) is 9.69 Å². The highest BCUT2D eigenvalue weighted by atomic mass is 35.5. The summed E-state index contributed by atoms with van der Waals surface area (Å²) in [6.45, 7) is 7.98. The van der Waals surface area contributed by atoms with Gasteiger partial charge in [0.15, 0.2) is 0 Å². The number of rotatable bonds is 4. The fraction of sp³-hybridized carbons (Fsp3) is 0.588. The number of piperidine rings is 1. The van der Waals surface area contributed by atoms with Gasteiger partial charge >= 0.3 is 0 Å². The van der Waals surface area contributed by atoms with Crippen molar-refractivity contribution in [2.45, 2.75) is 39.3 Å². The molecule has 1 aliphatic heterocycles. The minimum atomic E-state index is -0.172. The van der Waals surface area contributed by atoms with Crippen molar-refractivity contribution in [3.63, 3.8) is 0 Å². The maximum absolute atomic E-state index is 12.4. The van der Waals surface area contributed by atoms with Crippen LogP contribution in [0.15, 0.2) is 24.3 Å². The Kier molecular flexibility index (Phi) is 6.86. The molecule has 6 heteroatoms. The molecule has 23 heavy (non-hydrogen) atoms. The van der Waals surface area contributed by atoms with Gasteiger partial charge in [0.2, 0.25) is 5.91 Å². The van der Waals surface area contributed by atoms with Gasteiger partial charge in [0.1, 0.15) is 5.75 Å². The summed E-state index contributed by atoms with van der Waals surface area (Å²) in [4.78, 5) is 14.7. The van der Waals surface area contributed by atoms with E-state index in [2.05, 4.69) is 24.1 Å². The van der Waals surface area contributed by atoms with Gasteiger partial charge in [-0.15, -0.1) is 12.4 Å². The second-order valence-corrected chi connectivity index (χ2v) is 6.75. The molecule has 0 bridgehead atoms. The number of hydrogen-bond acceptors (Lipinski definition) is 4. The van der Waals surface area contributed by atoms with E-state index in [-0.39, 0.29) is 35.8 Å². The number of carbonyl (C=O) groups excluding carboxylic acids is 1. The summed E-state index contributed by atoms with van der Waals surface area (Å²) in [5, 5.41) is 2.96. The third-order valence-corrected chi connectivity index (χ3v) is 4.63. The molecule has 1 amide bonds. The van der Waals surface area contributed by atoms with Crippen LogP contribution in [0.1, 0.15) is 27.2 Å². The van der Waals surface area contributed by atoms with Crippen molar-refractivity contribution >= 4 is 24.0 Å². The van der Waals surface area contributed by atoms with Gasteiger partial charge in [0, 0.05) is 24.8 Å². The minimum Gasteiger partial charge on any atom is -0.497 e. The molecule has 1 heterocycles. The van der Waals surface area contributed by atoms with E-state index in [0.29, 0.717) is 0 Å². The van der Waals surface area contributed by atoms with Crippen molar-refractivity contribution in [2.75, 3.05) is 25.5 Å². The maximum atomic E-state index is 12.4. The monoisotopic (exact) mass is 341 g/mol. The number of anilines is 1. The lowest BCUT2D eigenvalue weighted by Crippen LogP contribution is -2.56. The summed E-state index contributed by atoms with van der Waals surface area (Å²) in [7, 11) is 1.62. The van der Waals surface area contributed by atoms with E-state index in [0.717, 1.165) is 30.9 Å². The van der Waals surface area contributed by atoms with E-state index in [1.54, 1.807) is 7.11 Å². The largest absolute Gasteiger partial charge is 0.497 e. The number of likely N-dealkylation sites (tertiary alicyclic amines) is 1. The van der Waals surface area contributed by atoms with E-state index < -0.39 is 0 Å². The Balaban J connectivity index is 0.00000264. The van der Waals surface area contributed by atoms with Crippen molar-refractivity contribution in [2.24, 2.45) is 11.1 Å². The molecular formula is C17H28ClN3O2. The van der Waals surface area contributed by atoms with Gasteiger partial charge in [0.05, 0.1) is 13.2 Å². The summed E-state index contributed by atoms with van der Waals surface area (Å²) < 4.78 is 5.12. The van der Waals surface area contributed by atoms with Crippen molar-refractivity contribution in [1.29, 1.82) is 0 Å². The fourth-order valence-corrected chi connectivity index (χ4v) is 2.83. The lowest BCUT2D eigenvalue weighted by molar-refractivity contribution is -0.122. The predicted octanol–water partition coefficient (Wildman–Crippen LogP) is 2.50. The van der Waals surface area contributed by atoms with Crippen molar-refractivity contribution in [3.05, 3.63) is 24.3 Å². The number of nitrogens with one attached hydrogen (secondary N) is 1. The number of benzene rings is 1. The van der Waals surface area contributed by atoms with Crippen LogP contribution in [0.2, 0.25) is 0 Å². The van der Waals surface area contributed by atoms with Crippen LogP contribution in [0.25, 0.3) is 0 Å². The van der Waals surface area contributed by atoms with Gasteiger partial charge in [-0.2, -0.15) is 0 Å². The molecule has 0 aromatic heterocycles. The molecule has 2 atom stereocenters. The van der Waals surface area contributed by atoms with Crippen LogP contribution in [0, 0.1) is 5.41 Å². The molecule has 1 aromatic carbocycles. The third-order valence-electron chi connectivity index (χ3n) is 4.63. The number of nitrogens with two attached hydrogens (primary N) is 1. The standard InChI is InChI=1S/C17H27N3O2.ClH/c1-12(20-10-9-15(18)17(2,3)11-20)16(21)19-13-5-7-14(22-4)8-6-13;/h5-8,12,15H,9-11,18H2,1-4H3,(H,19,21);1H. The van der Waals surface area contributed by atoms with Gasteiger partial charge < -0.3 is 15.8 Å². The van der Waals surface area contributed by atoms with Crippen LogP contribution in [0.3, 0.4) is 0 Å². The minimum absolute atomic E-state index is 0. The quantitative estimate of drug-likeness (QED) is 0.883. The van der Waals surface area contributed by atoms with E-state index >= 15 is 0 Å². The third kappa shape index (κ3) is 4.83. The lowest BCUT2D eigenvalue weighted by Gasteiger charge is -2.44. The summed E-state index contributed by atoms with van der Waals surface area (Å²) in [5.74, 6) is 0.786. The molecule has 0 saturated carbocycles. The second-order valence-electron chi connectivity index (χ2n) is 6.75. The van der Waals surface area contributed by atoms with Crippen LogP contribution in [-0.2, 0) is 4.79 Å². The van der Waals surface area contributed by atoms with Crippen molar-refractivity contribution in [3.8, 4) is 5.75 Å². The van der Waals surface area contributed by atoms with Crippen LogP contribution < -0.4 is 15.8 Å². The molecule has 2 unspecified atom stereocenters. The zero-order chi connectivity index (χ0) is 16.3. The number of amides is 1. The van der Waals surface area contributed by atoms with E-state index in [4.69, 9.17) is 10.5 Å². The first-order valence-corrected chi connectivity index (χ1v) is 7.78. The molecule has 1 saturated heterocycles. The zero-order valence-corrected chi connectivity index (χ0v) is 15.2. The normalized spacial score (nSPS) is 21.9. The molecule has 0 radical (unpaired) electrons. The number of ether oxygens (including phenoxy) is 1. The highest BCUT2D eigenvalue weighted by molar-refractivity contribution is 5.94. The Morgan fingerprint density at radius 2 is 2.00 bits per heavy atom. The Bertz CT molecular complexity index is 519. The number of carbonyl (C=O) groups is 1. The highest BCUT2D eigenvalue weighted by Crippen LogP contribution is 2.29. The number of nitrogens with zero attached hydrogens (tertiary/aromatic N) is 1. The van der Waals surface area contributed by atoms with Crippen LogP contribution in [0.4, 0.5) is 5.69 Å². The molecule has 5 nitrogen and oxygen atoms in total. The SMILES string of the molecule is COc1ccc(NC(=O)C(C)N2CCC(N)C(C)(C)C2)cc1.Cl. The van der Waals surface area contributed by atoms with Crippen molar-refractivity contribution < 1.29 is 9.53 Å². The van der Waals surface area contributed by atoms with Gasteiger partial charge in [-0.1, -0.05) is 13.8 Å². The number of hydrogen-bond donors (Lipinski definition) is 2. The summed E-state index contributed by atoms with van der Waals surface area (Å²) in [6.07, 6.45) is 0.924. The fourth-order valence-electron chi connectivity index (χ4n) is 2.83. The second kappa shape index (κ2) is 7.99. The Hall–Kier alpha value is -1.30. The van der Waals surface area contributed by atoms with Crippen LogP contribution in [-0.4, -0.2) is 43.1 Å². The maximum Gasteiger partial charge on any atom is 0.241 e. The van der Waals surface area contributed by atoms with E-state index in [1.807, 2.05) is 31.2 Å². The summed E-state index contributed by atoms with van der Waals surface area (Å²) in [5.41, 5.74) is 6.98. The highest BCUT2D eigenvalue weighted by Gasteiger charge is 2.36. The molecule has 3 N–H and O–H groups in total. The van der Waals surface area contributed by atoms with Crippen LogP contribution >= 0.6 is 12.4 Å². The zero-order valence-electron chi connectivity index (χ0n) is 14.3. The number of halogens is 1. The first-order valence-electron chi connectivity index (χ1n) is 7.78. The van der Waals surface area contributed by atoms with E-state index in [1.165, 1.54) is 0 Å². The van der Waals surface area contributed by atoms with Crippen molar-refractivity contribution in [1.82, 2.24) is 4.90 Å². The smallest absolute Gasteiger partial charge is 0.241 e. The summed E-state index contributed by atoms with van der Waals surface area (Å²) in [6, 6.07) is 7.39. The molecule has 0 aliphatic carbocycles. The first-order chi connectivity index (χ1) is 10.3. The number of methoxy groups -OCH3 is 1. The lowest BCUT2D eigenvalue weighted by atomic mass is 9.79. The molecular weight excluding hydrogens is 314 g/mol.